The predicted molar refractivity (Wildman–Crippen MR) is 117 cm³/mol. The third-order valence-corrected chi connectivity index (χ3v) is 4.24. The Morgan fingerprint density at radius 3 is 2.52 bits per heavy atom. The van der Waals surface area contributed by atoms with Crippen LogP contribution >= 0.6 is 0 Å². The number of guanidine groups is 1. The molecule has 1 aromatic carbocycles. The predicted octanol–water partition coefficient (Wildman–Crippen LogP) is 2.97. The van der Waals surface area contributed by atoms with E-state index in [0.29, 0.717) is 23.0 Å². The molecule has 33 heavy (non-hydrogen) atoms. The van der Waals surface area contributed by atoms with Crippen molar-refractivity contribution < 1.29 is 27.5 Å². The van der Waals surface area contributed by atoms with E-state index in [0.717, 1.165) is 0 Å². The number of fused-ring (bicyclic) bond motifs is 1. The second kappa shape index (κ2) is 11.1. The number of aliphatic imine (C=N–C) groups is 1. The molecule has 0 saturated heterocycles. The monoisotopic (exact) mass is 473 g/mol. The first-order chi connectivity index (χ1) is 15.4. The zero-order chi connectivity index (χ0) is 24.6. The fourth-order valence-electron chi connectivity index (χ4n) is 2.79. The van der Waals surface area contributed by atoms with Crippen molar-refractivity contribution in [2.45, 2.75) is 45.4 Å². The Morgan fingerprint density at radius 1 is 1.18 bits per heavy atom. The van der Waals surface area contributed by atoms with Gasteiger partial charge in [0, 0.05) is 26.2 Å². The molecular weight excluding hydrogens is 445 g/mol. The fourth-order valence-corrected chi connectivity index (χ4v) is 2.79. The van der Waals surface area contributed by atoms with E-state index < -0.39 is 23.8 Å². The smallest absolute Gasteiger partial charge is 0.471 e. The Morgan fingerprint density at radius 2 is 1.85 bits per heavy atom. The lowest BCUT2D eigenvalue weighted by Gasteiger charge is -2.38. The number of alkyl halides is 3. The molecule has 0 bridgehead atoms. The normalized spacial score (nSPS) is 14.8. The maximum absolute atomic E-state index is 12.5. The van der Waals surface area contributed by atoms with Crippen LogP contribution in [0.2, 0.25) is 0 Å². The van der Waals surface area contributed by atoms with Gasteiger partial charge in [-0.25, -0.2) is 4.79 Å². The van der Waals surface area contributed by atoms with Crippen molar-refractivity contribution >= 4 is 29.3 Å². The number of ether oxygens (including phenoxy) is 1. The summed E-state index contributed by atoms with van der Waals surface area (Å²) >= 11 is 0. The summed E-state index contributed by atoms with van der Waals surface area (Å²) in [6, 6.07) is 6.89. The van der Waals surface area contributed by atoms with Crippen LogP contribution in [0.25, 0.3) is 0 Å². The molecule has 1 aliphatic rings. The molecule has 0 fully saturated rings. The van der Waals surface area contributed by atoms with Crippen LogP contribution in [0.3, 0.4) is 0 Å². The summed E-state index contributed by atoms with van der Waals surface area (Å²) in [5.41, 5.74) is 2.83. The Kier molecular flexibility index (Phi) is 8.74. The van der Waals surface area contributed by atoms with Gasteiger partial charge < -0.3 is 30.6 Å². The number of hydrogen-bond donors (Lipinski definition) is 3. The SMILES string of the molecule is CC(C)(C)OC(=O)N(CCCN=C1Nc2ccccc2N([O-])N1)CCCNC(=O)C(F)(F)F. The first kappa shape index (κ1) is 26.0. The number of para-hydroxylation sites is 2. The van der Waals surface area contributed by atoms with E-state index in [9.17, 15) is 28.0 Å². The Balaban J connectivity index is 1.87. The van der Waals surface area contributed by atoms with Crippen LogP contribution < -0.4 is 21.2 Å². The van der Waals surface area contributed by atoms with Gasteiger partial charge in [-0.15, -0.1) is 0 Å². The van der Waals surface area contributed by atoms with Crippen molar-refractivity contribution in [2.75, 3.05) is 36.7 Å². The van der Waals surface area contributed by atoms with Crippen molar-refractivity contribution in [2.24, 2.45) is 4.99 Å². The zero-order valence-electron chi connectivity index (χ0n) is 18.7. The molecule has 0 radical (unpaired) electrons. The van der Waals surface area contributed by atoms with Crippen molar-refractivity contribution in [3.05, 3.63) is 29.5 Å². The van der Waals surface area contributed by atoms with E-state index >= 15 is 0 Å². The molecule has 13 heteroatoms. The number of rotatable bonds is 8. The molecule has 3 N–H and O–H groups in total. The molecule has 2 amide bonds. The fraction of sp³-hybridized carbons (Fsp3) is 0.550. The third-order valence-electron chi connectivity index (χ3n) is 4.24. The van der Waals surface area contributed by atoms with Gasteiger partial charge in [0.25, 0.3) is 0 Å². The molecule has 0 aromatic heterocycles. The summed E-state index contributed by atoms with van der Waals surface area (Å²) in [5, 5.41) is 17.4. The van der Waals surface area contributed by atoms with Crippen LogP contribution in [0.5, 0.6) is 0 Å². The topological polar surface area (TPSA) is 121 Å². The number of nitrogens with one attached hydrogen (secondary N) is 3. The highest BCUT2D eigenvalue weighted by Gasteiger charge is 2.38. The highest BCUT2D eigenvalue weighted by Crippen LogP contribution is 2.26. The number of hydrogen-bond acceptors (Lipinski definition) is 6. The minimum absolute atomic E-state index is 0.0852. The highest BCUT2D eigenvalue weighted by atomic mass is 19.4. The van der Waals surface area contributed by atoms with Gasteiger partial charge in [-0.2, -0.15) is 13.2 Å². The minimum Gasteiger partial charge on any atom is -0.739 e. The lowest BCUT2D eigenvalue weighted by molar-refractivity contribution is -0.173. The second-order valence-electron chi connectivity index (χ2n) is 8.21. The summed E-state index contributed by atoms with van der Waals surface area (Å²) in [5.74, 6) is -1.77. The van der Waals surface area contributed by atoms with Crippen LogP contribution in [0, 0.1) is 5.21 Å². The van der Waals surface area contributed by atoms with Crippen LogP contribution in [-0.2, 0) is 9.53 Å². The van der Waals surface area contributed by atoms with Gasteiger partial charge in [0.2, 0.25) is 5.96 Å². The Bertz CT molecular complexity index is 857. The van der Waals surface area contributed by atoms with Crippen LogP contribution in [0.1, 0.15) is 33.6 Å². The van der Waals surface area contributed by atoms with Gasteiger partial charge >= 0.3 is 18.2 Å². The molecule has 10 nitrogen and oxygen atoms in total. The number of hydrazine groups is 1. The molecular formula is C20H28F3N6O4-. The highest BCUT2D eigenvalue weighted by molar-refractivity contribution is 6.00. The molecule has 0 atom stereocenters. The summed E-state index contributed by atoms with van der Waals surface area (Å²) in [6.07, 6.45) is -5.06. The lowest BCUT2D eigenvalue weighted by atomic mass is 10.2. The second-order valence-corrected chi connectivity index (χ2v) is 8.21. The van der Waals surface area contributed by atoms with Crippen molar-refractivity contribution in [3.63, 3.8) is 0 Å². The summed E-state index contributed by atoms with van der Waals surface area (Å²) in [4.78, 5) is 29.0. The number of benzene rings is 1. The number of halogens is 3. The third kappa shape index (κ3) is 8.67. The standard InChI is InChI=1S/C20H28F3N6O4/c1-19(2,3)33-18(31)28(12-6-10-24-16(30)20(21,22)23)13-7-11-25-17-26-14-8-4-5-9-15(14)29(32)27-17/h4-5,8-9H,6-7,10-13H2,1-3H3,(H,24,30)(H2,25,26,27)/q-1. The molecule has 0 saturated carbocycles. The number of anilines is 2. The van der Waals surface area contributed by atoms with Gasteiger partial charge in [0.05, 0.1) is 11.4 Å². The first-order valence-electron chi connectivity index (χ1n) is 10.3. The van der Waals surface area contributed by atoms with Gasteiger partial charge in [-0.1, -0.05) is 12.1 Å². The molecule has 1 aromatic rings. The van der Waals surface area contributed by atoms with E-state index in [2.05, 4.69) is 15.7 Å². The summed E-state index contributed by atoms with van der Waals surface area (Å²) < 4.78 is 42.2. The summed E-state index contributed by atoms with van der Waals surface area (Å²) in [7, 11) is 0. The van der Waals surface area contributed by atoms with Crippen molar-refractivity contribution in [1.82, 2.24) is 15.6 Å². The van der Waals surface area contributed by atoms with E-state index in [1.165, 1.54) is 4.90 Å². The van der Waals surface area contributed by atoms with Crippen molar-refractivity contribution in [3.8, 4) is 0 Å². The summed E-state index contributed by atoms with van der Waals surface area (Å²) in [6.45, 7) is 5.42. The maximum Gasteiger partial charge on any atom is 0.471 e. The minimum atomic E-state index is -4.95. The number of nitrogens with zero attached hydrogens (tertiary/aromatic N) is 3. The average molecular weight is 473 g/mol. The largest absolute Gasteiger partial charge is 0.739 e. The molecule has 1 aliphatic heterocycles. The molecule has 184 valence electrons. The van der Waals surface area contributed by atoms with Crippen LogP contribution in [-0.4, -0.2) is 60.8 Å². The van der Waals surface area contributed by atoms with Gasteiger partial charge in [-0.05, 0) is 45.7 Å². The van der Waals surface area contributed by atoms with Gasteiger partial charge in [0.15, 0.2) is 0 Å². The van der Waals surface area contributed by atoms with E-state index in [-0.39, 0.29) is 38.6 Å². The van der Waals surface area contributed by atoms with Gasteiger partial charge in [-0.3, -0.25) is 15.2 Å². The first-order valence-corrected chi connectivity index (χ1v) is 10.3. The molecule has 0 spiro atoms. The van der Waals surface area contributed by atoms with E-state index in [1.807, 2.05) is 0 Å². The van der Waals surface area contributed by atoms with Crippen molar-refractivity contribution in [1.29, 1.82) is 0 Å². The van der Waals surface area contributed by atoms with Crippen LogP contribution in [0.4, 0.5) is 29.3 Å². The maximum atomic E-state index is 12.5. The van der Waals surface area contributed by atoms with Gasteiger partial charge in [0.1, 0.15) is 5.60 Å². The van der Waals surface area contributed by atoms with E-state index in [4.69, 9.17) is 4.74 Å². The quantitative estimate of drug-likeness (QED) is 0.496. The average Bonchev–Trinajstić information content (AvgIpc) is 2.70. The lowest BCUT2D eigenvalue weighted by Crippen LogP contribution is -2.46. The molecule has 2 rings (SSSR count). The Labute approximate surface area is 189 Å². The zero-order valence-corrected chi connectivity index (χ0v) is 18.7. The van der Waals surface area contributed by atoms with Crippen LogP contribution in [0.15, 0.2) is 29.3 Å². The Hall–Kier alpha value is -3.22. The molecule has 0 aliphatic carbocycles. The number of carbonyl (C=O) groups excluding carboxylic acids is 2. The van der Waals surface area contributed by atoms with E-state index in [1.54, 1.807) is 50.4 Å². The molecule has 1 heterocycles. The number of carbonyl (C=O) groups is 2. The molecule has 0 unspecified atom stereocenters. The number of amides is 2.